The number of anilines is 1. The molecule has 96 valence electrons. The third kappa shape index (κ3) is 4.75. The Kier molecular flexibility index (Phi) is 4.36. The Morgan fingerprint density at radius 1 is 1.59 bits per heavy atom. The van der Waals surface area contributed by atoms with E-state index in [0.29, 0.717) is 12.4 Å². The number of ether oxygens (including phenoxy) is 1. The molecule has 0 fully saturated rings. The largest absolute Gasteiger partial charge is 0.440 e. The molecule has 5 nitrogen and oxygen atoms in total. The number of amides is 1. The van der Waals surface area contributed by atoms with Crippen LogP contribution in [0.2, 0.25) is 0 Å². The maximum Gasteiger partial charge on any atom is 0.422 e. The van der Waals surface area contributed by atoms with Crippen LogP contribution in [-0.4, -0.2) is 28.7 Å². The predicted octanol–water partition coefficient (Wildman–Crippen LogP) is 2.40. The number of nitrogens with zero attached hydrogens (tertiary/aromatic N) is 2. The van der Waals surface area contributed by atoms with Crippen LogP contribution in [0, 0.1) is 0 Å². The monoisotopic (exact) mass is 251 g/mol. The number of carbonyl (C=O) groups is 1. The summed E-state index contributed by atoms with van der Waals surface area (Å²) in [4.78, 5) is 11.0. The van der Waals surface area contributed by atoms with Gasteiger partial charge in [-0.15, -0.1) is 0 Å². The van der Waals surface area contributed by atoms with Gasteiger partial charge in [0.05, 0.1) is 6.20 Å². The summed E-state index contributed by atoms with van der Waals surface area (Å²) in [6, 6.07) is 1.48. The summed E-state index contributed by atoms with van der Waals surface area (Å²) in [5.41, 5.74) is 0. The molecule has 1 aromatic rings. The van der Waals surface area contributed by atoms with Crippen molar-refractivity contribution in [1.29, 1.82) is 0 Å². The molecule has 0 atom stereocenters. The molecule has 0 saturated carbocycles. The maximum absolute atomic E-state index is 11.8. The molecular weight excluding hydrogens is 239 g/mol. The first-order valence-corrected chi connectivity index (χ1v) is 4.94. The van der Waals surface area contributed by atoms with Crippen molar-refractivity contribution in [1.82, 2.24) is 9.78 Å². The predicted molar refractivity (Wildman–Crippen MR) is 53.5 cm³/mol. The van der Waals surface area contributed by atoms with Gasteiger partial charge < -0.3 is 4.74 Å². The van der Waals surface area contributed by atoms with Gasteiger partial charge in [0, 0.05) is 12.6 Å². The number of alkyl halides is 3. The second-order valence-electron chi connectivity index (χ2n) is 3.26. The lowest BCUT2D eigenvalue weighted by molar-refractivity contribution is -0.159. The van der Waals surface area contributed by atoms with Crippen LogP contribution >= 0.6 is 0 Å². The van der Waals surface area contributed by atoms with Crippen molar-refractivity contribution in [3.8, 4) is 0 Å². The molecule has 0 bridgehead atoms. The van der Waals surface area contributed by atoms with Crippen molar-refractivity contribution in [3.05, 3.63) is 12.3 Å². The Hall–Kier alpha value is -1.73. The van der Waals surface area contributed by atoms with E-state index < -0.39 is 18.9 Å². The molecule has 0 unspecified atom stereocenters. The van der Waals surface area contributed by atoms with Crippen molar-refractivity contribution in [2.24, 2.45) is 0 Å². The van der Waals surface area contributed by atoms with Gasteiger partial charge in [-0.05, 0) is 6.42 Å². The summed E-state index contributed by atoms with van der Waals surface area (Å²) < 4.78 is 40.8. The van der Waals surface area contributed by atoms with E-state index in [1.807, 2.05) is 6.92 Å². The molecule has 1 N–H and O–H groups in total. The number of aromatic nitrogens is 2. The maximum atomic E-state index is 11.8. The van der Waals surface area contributed by atoms with Gasteiger partial charge in [0.15, 0.2) is 6.61 Å². The van der Waals surface area contributed by atoms with Crippen LogP contribution in [0.15, 0.2) is 12.3 Å². The quantitative estimate of drug-likeness (QED) is 0.893. The summed E-state index contributed by atoms with van der Waals surface area (Å²) in [5, 5.41) is 6.08. The van der Waals surface area contributed by atoms with E-state index in [1.165, 1.54) is 16.9 Å². The van der Waals surface area contributed by atoms with Crippen molar-refractivity contribution in [3.63, 3.8) is 0 Å². The number of carbonyl (C=O) groups excluding carboxylic acids is 1. The van der Waals surface area contributed by atoms with Crippen LogP contribution in [0.1, 0.15) is 13.3 Å². The number of hydrogen-bond acceptors (Lipinski definition) is 3. The standard InChI is InChI=1S/C9H12F3N3O2/c1-2-5-15-7(3-4-13-15)14-8(16)17-6-9(10,11)12/h3-4H,2,5-6H2,1H3,(H,14,16). The van der Waals surface area contributed by atoms with Gasteiger partial charge in [-0.3, -0.25) is 5.32 Å². The smallest absolute Gasteiger partial charge is 0.422 e. The molecule has 0 spiro atoms. The molecule has 0 aliphatic heterocycles. The molecule has 1 amide bonds. The van der Waals surface area contributed by atoms with Gasteiger partial charge in [0.25, 0.3) is 0 Å². The molecule has 0 saturated heterocycles. The minimum atomic E-state index is -4.53. The Labute approximate surface area is 95.5 Å². The van der Waals surface area contributed by atoms with Crippen molar-refractivity contribution in [2.75, 3.05) is 11.9 Å². The van der Waals surface area contributed by atoms with E-state index in [9.17, 15) is 18.0 Å². The highest BCUT2D eigenvalue weighted by Crippen LogP contribution is 2.15. The van der Waals surface area contributed by atoms with Crippen LogP contribution < -0.4 is 5.32 Å². The zero-order valence-corrected chi connectivity index (χ0v) is 9.12. The second kappa shape index (κ2) is 5.55. The molecule has 0 aliphatic rings. The molecule has 0 aromatic carbocycles. The van der Waals surface area contributed by atoms with Gasteiger partial charge in [-0.25, -0.2) is 9.48 Å². The molecule has 1 heterocycles. The molecule has 1 rings (SSSR count). The highest BCUT2D eigenvalue weighted by molar-refractivity contribution is 5.83. The molecule has 8 heteroatoms. The van der Waals surface area contributed by atoms with Gasteiger partial charge in [0.2, 0.25) is 0 Å². The normalized spacial score (nSPS) is 11.3. The highest BCUT2D eigenvalue weighted by atomic mass is 19.4. The fourth-order valence-corrected chi connectivity index (χ4v) is 1.12. The first-order chi connectivity index (χ1) is 7.92. The van der Waals surface area contributed by atoms with Gasteiger partial charge in [-0.1, -0.05) is 6.92 Å². The second-order valence-corrected chi connectivity index (χ2v) is 3.26. The van der Waals surface area contributed by atoms with Crippen molar-refractivity contribution in [2.45, 2.75) is 26.1 Å². The van der Waals surface area contributed by atoms with Crippen LogP contribution in [0.3, 0.4) is 0 Å². The minimum Gasteiger partial charge on any atom is -0.440 e. The van der Waals surface area contributed by atoms with Crippen LogP contribution in [0.4, 0.5) is 23.8 Å². The summed E-state index contributed by atoms with van der Waals surface area (Å²) in [6.45, 7) is 0.857. The molecule has 0 aliphatic carbocycles. The van der Waals surface area contributed by atoms with E-state index in [0.717, 1.165) is 6.42 Å². The van der Waals surface area contributed by atoms with E-state index in [4.69, 9.17) is 0 Å². The molecule has 1 aromatic heterocycles. The zero-order valence-electron chi connectivity index (χ0n) is 9.12. The summed E-state index contributed by atoms with van der Waals surface area (Å²) >= 11 is 0. The molecule has 17 heavy (non-hydrogen) atoms. The number of nitrogens with one attached hydrogen (secondary N) is 1. The zero-order chi connectivity index (χ0) is 12.9. The van der Waals surface area contributed by atoms with Crippen molar-refractivity contribution < 1.29 is 22.7 Å². The summed E-state index contributed by atoms with van der Waals surface area (Å²) in [7, 11) is 0. The van der Waals surface area contributed by atoms with Gasteiger partial charge in [0.1, 0.15) is 5.82 Å². The van der Waals surface area contributed by atoms with E-state index in [-0.39, 0.29) is 0 Å². The van der Waals surface area contributed by atoms with Crippen LogP contribution in [0.25, 0.3) is 0 Å². The number of rotatable bonds is 4. The summed E-state index contributed by atoms with van der Waals surface area (Å²) in [5.74, 6) is 0.305. The van der Waals surface area contributed by atoms with Gasteiger partial charge >= 0.3 is 12.3 Å². The average Bonchev–Trinajstić information content (AvgIpc) is 2.63. The number of hydrogen-bond donors (Lipinski definition) is 1. The Balaban J connectivity index is 2.47. The third-order valence-corrected chi connectivity index (χ3v) is 1.75. The lowest BCUT2D eigenvalue weighted by Crippen LogP contribution is -2.24. The van der Waals surface area contributed by atoms with Gasteiger partial charge in [-0.2, -0.15) is 18.3 Å². The van der Waals surface area contributed by atoms with Crippen LogP contribution in [-0.2, 0) is 11.3 Å². The Morgan fingerprint density at radius 3 is 2.88 bits per heavy atom. The minimum absolute atomic E-state index is 0.305. The number of aryl methyl sites for hydroxylation is 1. The number of halogens is 3. The fourth-order valence-electron chi connectivity index (χ4n) is 1.12. The van der Waals surface area contributed by atoms with Crippen LogP contribution in [0.5, 0.6) is 0 Å². The SMILES string of the molecule is CCCn1nccc1NC(=O)OCC(F)(F)F. The third-order valence-electron chi connectivity index (χ3n) is 1.75. The highest BCUT2D eigenvalue weighted by Gasteiger charge is 2.29. The van der Waals surface area contributed by atoms with E-state index >= 15 is 0 Å². The summed E-state index contributed by atoms with van der Waals surface area (Å²) in [6.07, 6.45) is -3.45. The van der Waals surface area contributed by atoms with Crippen molar-refractivity contribution >= 4 is 11.9 Å². The lowest BCUT2D eigenvalue weighted by atomic mass is 10.5. The Bertz CT molecular complexity index is 376. The first kappa shape index (κ1) is 13.3. The topological polar surface area (TPSA) is 56.2 Å². The Morgan fingerprint density at radius 2 is 2.29 bits per heavy atom. The molecule has 0 radical (unpaired) electrons. The van der Waals surface area contributed by atoms with E-state index in [2.05, 4.69) is 15.2 Å². The molecular formula is C9H12F3N3O2. The average molecular weight is 251 g/mol. The first-order valence-electron chi connectivity index (χ1n) is 4.94. The fraction of sp³-hybridized carbons (Fsp3) is 0.556. The lowest BCUT2D eigenvalue weighted by Gasteiger charge is -2.10. The van der Waals surface area contributed by atoms with E-state index in [1.54, 1.807) is 0 Å².